The normalized spacial score (nSPS) is 18.3. The molecule has 0 aliphatic carbocycles. The van der Waals surface area contributed by atoms with E-state index in [1.807, 2.05) is 30.5 Å². The molecule has 106 valence electrons. The molecule has 0 radical (unpaired) electrons. The van der Waals surface area contributed by atoms with Gasteiger partial charge in [-0.3, -0.25) is 4.79 Å². The molecule has 1 aromatic carbocycles. The third-order valence-electron chi connectivity index (χ3n) is 3.53. The molecular weight excluding hydrogens is 256 g/mol. The summed E-state index contributed by atoms with van der Waals surface area (Å²) in [6.45, 7) is 2.24. The van der Waals surface area contributed by atoms with Crippen LogP contribution in [0.4, 0.5) is 0 Å². The smallest absolute Gasteiger partial charge is 0.257 e. The molecule has 1 saturated heterocycles. The number of carbonyl (C=O) groups excluding carboxylic acids is 1. The first-order valence-corrected chi connectivity index (χ1v) is 6.86. The Morgan fingerprint density at radius 1 is 1.45 bits per heavy atom. The van der Waals surface area contributed by atoms with Gasteiger partial charge in [0.25, 0.3) is 5.91 Å². The molecule has 1 aromatic heterocycles. The first-order valence-electron chi connectivity index (χ1n) is 6.86. The van der Waals surface area contributed by atoms with Crippen molar-refractivity contribution in [3.63, 3.8) is 0 Å². The predicted molar refractivity (Wildman–Crippen MR) is 75.7 cm³/mol. The summed E-state index contributed by atoms with van der Waals surface area (Å²) in [7, 11) is 0. The van der Waals surface area contributed by atoms with Crippen LogP contribution in [0.15, 0.2) is 30.5 Å². The van der Waals surface area contributed by atoms with E-state index in [-0.39, 0.29) is 12.5 Å². The number of ether oxygens (including phenoxy) is 2. The number of aromatic nitrogens is 1. The molecule has 1 aliphatic heterocycles. The number of rotatable bonds is 5. The molecule has 3 rings (SSSR count). The molecule has 0 bridgehead atoms. The Labute approximate surface area is 117 Å². The number of amides is 1. The topological polar surface area (TPSA) is 63.4 Å². The maximum absolute atomic E-state index is 11.8. The number of fused-ring (bicyclic) bond motifs is 1. The first-order chi connectivity index (χ1) is 9.83. The minimum absolute atomic E-state index is 0.0396. The van der Waals surface area contributed by atoms with Crippen LogP contribution in [0.1, 0.15) is 6.42 Å². The highest BCUT2D eigenvalue weighted by Crippen LogP contribution is 2.24. The van der Waals surface area contributed by atoms with E-state index >= 15 is 0 Å². The summed E-state index contributed by atoms with van der Waals surface area (Å²) < 4.78 is 10.9. The summed E-state index contributed by atoms with van der Waals surface area (Å²) in [5, 5.41) is 3.88. The maximum atomic E-state index is 11.8. The number of carbonyl (C=O) groups is 1. The molecule has 1 amide bonds. The van der Waals surface area contributed by atoms with E-state index in [4.69, 9.17) is 9.47 Å². The van der Waals surface area contributed by atoms with Crippen molar-refractivity contribution in [3.8, 4) is 5.75 Å². The van der Waals surface area contributed by atoms with Crippen LogP contribution < -0.4 is 10.1 Å². The molecule has 20 heavy (non-hydrogen) atoms. The molecule has 0 spiro atoms. The van der Waals surface area contributed by atoms with E-state index in [2.05, 4.69) is 10.3 Å². The molecule has 1 atom stereocenters. The van der Waals surface area contributed by atoms with Crippen molar-refractivity contribution in [2.24, 2.45) is 5.92 Å². The minimum Gasteiger partial charge on any atom is -0.483 e. The van der Waals surface area contributed by atoms with E-state index in [1.165, 1.54) is 0 Å². The molecule has 2 aromatic rings. The van der Waals surface area contributed by atoms with Crippen LogP contribution >= 0.6 is 0 Å². The van der Waals surface area contributed by atoms with E-state index in [9.17, 15) is 4.79 Å². The second-order valence-corrected chi connectivity index (χ2v) is 5.02. The van der Waals surface area contributed by atoms with Crippen molar-refractivity contribution in [1.82, 2.24) is 10.3 Å². The van der Waals surface area contributed by atoms with Crippen LogP contribution in [0.3, 0.4) is 0 Å². The molecule has 0 saturated carbocycles. The summed E-state index contributed by atoms with van der Waals surface area (Å²) in [4.78, 5) is 14.9. The molecule has 2 heterocycles. The van der Waals surface area contributed by atoms with Crippen LogP contribution in [-0.2, 0) is 9.53 Å². The lowest BCUT2D eigenvalue weighted by Crippen LogP contribution is -2.33. The van der Waals surface area contributed by atoms with Gasteiger partial charge in [-0.05, 0) is 24.6 Å². The van der Waals surface area contributed by atoms with Gasteiger partial charge in [-0.1, -0.05) is 6.07 Å². The van der Waals surface area contributed by atoms with E-state index < -0.39 is 0 Å². The molecule has 1 unspecified atom stereocenters. The standard InChI is InChI=1S/C15H18N2O3/c18-15(17-8-11-5-7-19-9-11)10-20-14-3-1-2-13-12(14)4-6-16-13/h1-4,6,11,16H,5,7-10H2,(H,17,18). The van der Waals surface area contributed by atoms with Crippen molar-refractivity contribution in [3.05, 3.63) is 30.5 Å². The van der Waals surface area contributed by atoms with Gasteiger partial charge in [-0.15, -0.1) is 0 Å². The quantitative estimate of drug-likeness (QED) is 0.872. The monoisotopic (exact) mass is 274 g/mol. The third-order valence-corrected chi connectivity index (χ3v) is 3.53. The fourth-order valence-corrected chi connectivity index (χ4v) is 2.38. The van der Waals surface area contributed by atoms with Crippen LogP contribution in [0.5, 0.6) is 5.75 Å². The number of aromatic amines is 1. The lowest BCUT2D eigenvalue weighted by Gasteiger charge is -2.11. The molecular formula is C15H18N2O3. The first kappa shape index (κ1) is 13.0. The zero-order chi connectivity index (χ0) is 13.8. The van der Waals surface area contributed by atoms with Gasteiger partial charge in [0, 0.05) is 36.2 Å². The Hall–Kier alpha value is -2.01. The van der Waals surface area contributed by atoms with Gasteiger partial charge >= 0.3 is 0 Å². The average molecular weight is 274 g/mol. The number of hydrogen-bond acceptors (Lipinski definition) is 3. The summed E-state index contributed by atoms with van der Waals surface area (Å²) in [5.74, 6) is 1.07. The lowest BCUT2D eigenvalue weighted by atomic mass is 10.1. The Kier molecular flexibility index (Phi) is 3.87. The SMILES string of the molecule is O=C(COc1cccc2[nH]ccc12)NCC1CCOC1. The van der Waals surface area contributed by atoms with Gasteiger partial charge in [-0.2, -0.15) is 0 Å². The predicted octanol–water partition coefficient (Wildman–Crippen LogP) is 1.70. The van der Waals surface area contributed by atoms with Gasteiger partial charge in [0.15, 0.2) is 6.61 Å². The molecule has 5 nitrogen and oxygen atoms in total. The Balaban J connectivity index is 1.51. The highest BCUT2D eigenvalue weighted by molar-refractivity contribution is 5.86. The lowest BCUT2D eigenvalue weighted by molar-refractivity contribution is -0.123. The van der Waals surface area contributed by atoms with Gasteiger partial charge in [0.1, 0.15) is 5.75 Å². The van der Waals surface area contributed by atoms with E-state index in [0.717, 1.165) is 36.3 Å². The fourth-order valence-electron chi connectivity index (χ4n) is 2.38. The minimum atomic E-state index is -0.0931. The summed E-state index contributed by atoms with van der Waals surface area (Å²) in [6.07, 6.45) is 2.88. The zero-order valence-corrected chi connectivity index (χ0v) is 11.2. The van der Waals surface area contributed by atoms with Crippen molar-refractivity contribution < 1.29 is 14.3 Å². The summed E-state index contributed by atoms with van der Waals surface area (Å²) in [5.41, 5.74) is 1.01. The number of hydrogen-bond donors (Lipinski definition) is 2. The van der Waals surface area contributed by atoms with Crippen LogP contribution in [0.2, 0.25) is 0 Å². The van der Waals surface area contributed by atoms with E-state index in [1.54, 1.807) is 0 Å². The van der Waals surface area contributed by atoms with Crippen molar-refractivity contribution in [1.29, 1.82) is 0 Å². The highest BCUT2D eigenvalue weighted by atomic mass is 16.5. The summed E-state index contributed by atoms with van der Waals surface area (Å²) in [6, 6.07) is 7.69. The summed E-state index contributed by atoms with van der Waals surface area (Å²) >= 11 is 0. The third kappa shape index (κ3) is 2.93. The second kappa shape index (κ2) is 5.96. The number of nitrogens with one attached hydrogen (secondary N) is 2. The van der Waals surface area contributed by atoms with Gasteiger partial charge < -0.3 is 19.8 Å². The Morgan fingerprint density at radius 2 is 2.40 bits per heavy atom. The Morgan fingerprint density at radius 3 is 3.25 bits per heavy atom. The molecule has 5 heteroatoms. The van der Waals surface area contributed by atoms with Crippen LogP contribution in [0, 0.1) is 5.92 Å². The number of benzene rings is 1. The molecule has 2 N–H and O–H groups in total. The molecule has 1 fully saturated rings. The largest absolute Gasteiger partial charge is 0.483 e. The zero-order valence-electron chi connectivity index (χ0n) is 11.2. The molecule has 1 aliphatic rings. The van der Waals surface area contributed by atoms with E-state index in [0.29, 0.717) is 12.5 Å². The van der Waals surface area contributed by atoms with Crippen LogP contribution in [-0.4, -0.2) is 37.3 Å². The van der Waals surface area contributed by atoms with Crippen molar-refractivity contribution >= 4 is 16.8 Å². The van der Waals surface area contributed by atoms with Crippen molar-refractivity contribution in [2.45, 2.75) is 6.42 Å². The second-order valence-electron chi connectivity index (χ2n) is 5.02. The fraction of sp³-hybridized carbons (Fsp3) is 0.400. The van der Waals surface area contributed by atoms with Gasteiger partial charge in [0.05, 0.1) is 6.61 Å². The van der Waals surface area contributed by atoms with Crippen molar-refractivity contribution in [2.75, 3.05) is 26.4 Å². The van der Waals surface area contributed by atoms with Gasteiger partial charge in [-0.25, -0.2) is 0 Å². The van der Waals surface area contributed by atoms with Crippen LogP contribution in [0.25, 0.3) is 10.9 Å². The Bertz CT molecular complexity index is 588. The maximum Gasteiger partial charge on any atom is 0.257 e. The average Bonchev–Trinajstić information content (AvgIpc) is 3.13. The number of H-pyrrole nitrogens is 1. The van der Waals surface area contributed by atoms with Gasteiger partial charge in [0.2, 0.25) is 0 Å². The highest BCUT2D eigenvalue weighted by Gasteiger charge is 2.16.